The summed E-state index contributed by atoms with van der Waals surface area (Å²) in [7, 11) is 0. The summed E-state index contributed by atoms with van der Waals surface area (Å²) in [6.45, 7) is 3.92. The van der Waals surface area contributed by atoms with Gasteiger partial charge in [-0.1, -0.05) is 71.9 Å². The van der Waals surface area contributed by atoms with Gasteiger partial charge in [0.25, 0.3) is 11.1 Å². The van der Waals surface area contributed by atoms with Crippen molar-refractivity contribution in [1.29, 1.82) is 0 Å². The van der Waals surface area contributed by atoms with Crippen LogP contribution in [0.5, 0.6) is 0 Å². The van der Waals surface area contributed by atoms with E-state index in [-0.39, 0.29) is 23.6 Å². The van der Waals surface area contributed by atoms with E-state index in [1.807, 2.05) is 68.4 Å². The number of amides is 2. The van der Waals surface area contributed by atoms with Crippen LogP contribution in [0.25, 0.3) is 11.5 Å². The van der Waals surface area contributed by atoms with E-state index < -0.39 is 0 Å². The van der Waals surface area contributed by atoms with Crippen molar-refractivity contribution in [2.45, 2.75) is 25.1 Å². The van der Waals surface area contributed by atoms with Gasteiger partial charge in [0.15, 0.2) is 0 Å². The normalized spacial score (nSPS) is 11.6. The van der Waals surface area contributed by atoms with Crippen LogP contribution in [0.15, 0.2) is 88.5 Å². The van der Waals surface area contributed by atoms with Gasteiger partial charge in [0.1, 0.15) is 0 Å². The lowest BCUT2D eigenvalue weighted by atomic mass is 10.1. The van der Waals surface area contributed by atoms with Gasteiger partial charge in [-0.2, -0.15) is 0 Å². The van der Waals surface area contributed by atoms with Crippen molar-refractivity contribution in [3.8, 4) is 11.5 Å². The van der Waals surface area contributed by atoms with Crippen LogP contribution in [0.1, 0.15) is 34.5 Å². The molecule has 7 nitrogen and oxygen atoms in total. The molecule has 1 unspecified atom stereocenters. The maximum atomic E-state index is 12.9. The van der Waals surface area contributed by atoms with Crippen molar-refractivity contribution in [3.05, 3.63) is 95.6 Å². The molecule has 4 aromatic rings. The fraction of sp³-hybridized carbons (Fsp3) is 0.154. The average Bonchev–Trinajstić information content (AvgIpc) is 3.33. The lowest BCUT2D eigenvalue weighted by molar-refractivity contribution is -0.113. The monoisotopic (exact) mass is 472 g/mol. The average molecular weight is 473 g/mol. The van der Waals surface area contributed by atoms with Crippen molar-refractivity contribution < 1.29 is 14.0 Å². The van der Waals surface area contributed by atoms with Crippen LogP contribution < -0.4 is 10.6 Å². The molecule has 34 heavy (non-hydrogen) atoms. The van der Waals surface area contributed by atoms with Crippen LogP contribution in [-0.4, -0.2) is 27.8 Å². The highest BCUT2D eigenvalue weighted by Gasteiger charge is 2.17. The maximum absolute atomic E-state index is 12.9. The van der Waals surface area contributed by atoms with E-state index in [0.717, 1.165) is 28.5 Å². The van der Waals surface area contributed by atoms with Gasteiger partial charge in [-0.15, -0.1) is 10.2 Å². The van der Waals surface area contributed by atoms with Crippen LogP contribution in [0.4, 0.5) is 5.69 Å². The summed E-state index contributed by atoms with van der Waals surface area (Å²) in [5.41, 5.74) is 3.79. The Hall–Kier alpha value is -3.91. The number of carbonyl (C=O) groups excluding carboxylic acids is 2. The van der Waals surface area contributed by atoms with Crippen LogP contribution in [0.2, 0.25) is 0 Å². The number of anilines is 1. The van der Waals surface area contributed by atoms with Crippen LogP contribution in [0.3, 0.4) is 0 Å². The molecule has 0 fully saturated rings. The van der Waals surface area contributed by atoms with E-state index in [9.17, 15) is 9.59 Å². The first-order chi connectivity index (χ1) is 16.5. The van der Waals surface area contributed by atoms with E-state index in [1.165, 1.54) is 0 Å². The number of aromatic nitrogens is 2. The topological polar surface area (TPSA) is 97.1 Å². The van der Waals surface area contributed by atoms with Gasteiger partial charge in [-0.3, -0.25) is 9.59 Å². The number of rotatable bonds is 8. The number of nitrogens with one attached hydrogen (secondary N) is 2. The number of carbonyl (C=O) groups is 2. The van der Waals surface area contributed by atoms with Gasteiger partial charge in [-0.05, 0) is 43.7 Å². The van der Waals surface area contributed by atoms with Crippen LogP contribution in [-0.2, 0) is 4.79 Å². The Morgan fingerprint density at radius 3 is 2.41 bits per heavy atom. The molecule has 0 aliphatic heterocycles. The van der Waals surface area contributed by atoms with Crippen molar-refractivity contribution in [3.63, 3.8) is 0 Å². The minimum absolute atomic E-state index is 0.0614. The first kappa shape index (κ1) is 23.3. The number of nitrogens with zero attached hydrogens (tertiary/aromatic N) is 2. The summed E-state index contributed by atoms with van der Waals surface area (Å²) >= 11 is 1.14. The van der Waals surface area contributed by atoms with E-state index in [1.54, 1.807) is 24.3 Å². The third kappa shape index (κ3) is 5.90. The fourth-order valence-electron chi connectivity index (χ4n) is 3.28. The molecule has 0 saturated heterocycles. The lowest BCUT2D eigenvalue weighted by Crippen LogP contribution is -2.28. The van der Waals surface area contributed by atoms with Gasteiger partial charge < -0.3 is 15.1 Å². The highest BCUT2D eigenvalue weighted by Crippen LogP contribution is 2.24. The highest BCUT2D eigenvalue weighted by atomic mass is 32.2. The number of para-hydroxylation sites is 1. The standard InChI is InChI=1S/C26H24N4O3S/c1-17-12-14-20(15-13-17)25-29-30-26(33-25)34-16-23(31)28-22-11-7-6-10-21(22)24(32)27-18(2)19-8-4-3-5-9-19/h3-15,18H,16H2,1-2H3,(H,27,32)(H,28,31). The second kappa shape index (κ2) is 10.8. The maximum Gasteiger partial charge on any atom is 0.277 e. The van der Waals surface area contributed by atoms with Gasteiger partial charge >= 0.3 is 0 Å². The minimum Gasteiger partial charge on any atom is -0.411 e. The fourth-order valence-corrected chi connectivity index (χ4v) is 3.85. The summed E-state index contributed by atoms with van der Waals surface area (Å²) in [5, 5.41) is 14.1. The van der Waals surface area contributed by atoms with Crippen LogP contribution in [0, 0.1) is 6.92 Å². The second-order valence-corrected chi connectivity index (χ2v) is 8.65. The Bertz CT molecular complexity index is 1270. The van der Waals surface area contributed by atoms with Gasteiger partial charge in [0, 0.05) is 5.56 Å². The zero-order valence-corrected chi connectivity index (χ0v) is 19.6. The molecule has 0 bridgehead atoms. The molecular weight excluding hydrogens is 448 g/mol. The molecule has 172 valence electrons. The zero-order valence-electron chi connectivity index (χ0n) is 18.8. The quantitative estimate of drug-likeness (QED) is 0.339. The van der Waals surface area contributed by atoms with E-state index in [0.29, 0.717) is 22.4 Å². The highest BCUT2D eigenvalue weighted by molar-refractivity contribution is 7.99. The SMILES string of the molecule is Cc1ccc(-c2nnc(SCC(=O)Nc3ccccc3C(=O)NC(C)c3ccccc3)o2)cc1. The third-order valence-corrected chi connectivity index (χ3v) is 5.94. The summed E-state index contributed by atoms with van der Waals surface area (Å²) in [6.07, 6.45) is 0. The van der Waals surface area contributed by atoms with Gasteiger partial charge in [0.2, 0.25) is 11.8 Å². The Morgan fingerprint density at radius 2 is 1.65 bits per heavy atom. The molecule has 8 heteroatoms. The van der Waals surface area contributed by atoms with Crippen LogP contribution >= 0.6 is 11.8 Å². The Labute approximate surface area is 202 Å². The third-order valence-electron chi connectivity index (χ3n) is 5.12. The number of benzene rings is 3. The molecule has 0 aliphatic carbocycles. The van der Waals surface area contributed by atoms with E-state index in [2.05, 4.69) is 20.8 Å². The number of thioether (sulfide) groups is 1. The predicted molar refractivity (Wildman–Crippen MR) is 133 cm³/mol. The molecule has 0 spiro atoms. The minimum atomic E-state index is -0.281. The molecule has 1 aromatic heterocycles. The summed E-state index contributed by atoms with van der Waals surface area (Å²) < 4.78 is 5.65. The smallest absolute Gasteiger partial charge is 0.277 e. The number of hydrogen-bond acceptors (Lipinski definition) is 6. The van der Waals surface area contributed by atoms with E-state index in [4.69, 9.17) is 4.42 Å². The molecular formula is C26H24N4O3S. The first-order valence-electron chi connectivity index (χ1n) is 10.8. The summed E-state index contributed by atoms with van der Waals surface area (Å²) in [5.74, 6) is -0.0835. The molecule has 2 N–H and O–H groups in total. The second-order valence-electron chi connectivity index (χ2n) is 7.73. The van der Waals surface area contributed by atoms with Gasteiger partial charge in [0.05, 0.1) is 23.0 Å². The lowest BCUT2D eigenvalue weighted by Gasteiger charge is -2.16. The summed E-state index contributed by atoms with van der Waals surface area (Å²) in [4.78, 5) is 25.4. The number of aryl methyl sites for hydroxylation is 1. The molecule has 0 saturated carbocycles. The zero-order chi connectivity index (χ0) is 23.9. The van der Waals surface area contributed by atoms with E-state index >= 15 is 0 Å². The number of hydrogen-bond donors (Lipinski definition) is 2. The first-order valence-corrected chi connectivity index (χ1v) is 11.8. The van der Waals surface area contributed by atoms with Crippen molar-refractivity contribution in [2.75, 3.05) is 11.1 Å². The predicted octanol–water partition coefficient (Wildman–Crippen LogP) is 5.27. The molecule has 0 aliphatic rings. The molecule has 1 heterocycles. The van der Waals surface area contributed by atoms with Crippen molar-refractivity contribution >= 4 is 29.3 Å². The molecule has 2 amide bonds. The van der Waals surface area contributed by atoms with Crippen molar-refractivity contribution in [1.82, 2.24) is 15.5 Å². The molecule has 1 atom stereocenters. The van der Waals surface area contributed by atoms with Crippen molar-refractivity contribution in [2.24, 2.45) is 0 Å². The Balaban J connectivity index is 1.36. The summed E-state index contributed by atoms with van der Waals surface area (Å²) in [6, 6.07) is 24.2. The Morgan fingerprint density at radius 1 is 0.941 bits per heavy atom. The molecule has 3 aromatic carbocycles. The van der Waals surface area contributed by atoms with Gasteiger partial charge in [-0.25, -0.2) is 0 Å². The molecule has 0 radical (unpaired) electrons. The largest absolute Gasteiger partial charge is 0.411 e. The Kier molecular flexibility index (Phi) is 7.39. The molecule has 4 rings (SSSR count).